The molecule has 0 aliphatic rings. The van der Waals surface area contributed by atoms with Crippen LogP contribution in [0.1, 0.15) is 65.6 Å². The van der Waals surface area contributed by atoms with Gasteiger partial charge in [0.1, 0.15) is 11.6 Å². The van der Waals surface area contributed by atoms with Crippen LogP contribution >= 0.6 is 0 Å². The van der Waals surface area contributed by atoms with Crippen molar-refractivity contribution in [2.24, 2.45) is 5.92 Å². The number of hydrogen-bond acceptors (Lipinski definition) is 6. The molecule has 0 fully saturated rings. The Bertz CT molecular complexity index is 858. The van der Waals surface area contributed by atoms with Gasteiger partial charge in [-0.3, -0.25) is 9.78 Å². The van der Waals surface area contributed by atoms with Crippen LogP contribution in [0.4, 0.5) is 4.79 Å². The van der Waals surface area contributed by atoms with Crippen molar-refractivity contribution in [1.82, 2.24) is 10.3 Å². The molecule has 0 aliphatic carbocycles. The Hall–Kier alpha value is -2.46. The number of aliphatic carboxylic acids is 2. The molecule has 1 aromatic rings. The first-order valence-corrected chi connectivity index (χ1v) is 14.8. The summed E-state index contributed by atoms with van der Waals surface area (Å²) in [5.41, 5.74) is 0.761. The molecule has 1 heterocycles. The molecule has 35 heavy (non-hydrogen) atoms. The highest BCUT2D eigenvalue weighted by molar-refractivity contribution is 6.74. The van der Waals surface area contributed by atoms with Gasteiger partial charge in [-0.05, 0) is 69.8 Å². The van der Waals surface area contributed by atoms with E-state index in [1.165, 1.54) is 0 Å². The van der Waals surface area contributed by atoms with E-state index in [2.05, 4.69) is 44.2 Å². The molecule has 0 saturated heterocycles. The highest BCUT2D eigenvalue weighted by Gasteiger charge is 2.36. The molecule has 0 saturated carbocycles. The number of alkyl carbamates (subject to hydrolysis) is 1. The Balaban J connectivity index is 2.69. The van der Waals surface area contributed by atoms with E-state index in [1.54, 1.807) is 33.0 Å². The highest BCUT2D eigenvalue weighted by Crippen LogP contribution is 2.36. The molecular weight excluding hydrogens is 468 g/mol. The standard InChI is InChI=1S/C25H42N2O7Si/c1-24(2,3)34-23(32)27-20(22(30)31)15-18(21(28)29)14-19-12-11-17(16-26-19)10-9-13-33-35(7,8)25(4,5)6/h11-12,16,18,20H,9-10,13-15H2,1-8H3,(H,27,32)(H,28,29)(H,30,31)/t18-,20+/m0/s1. The van der Waals surface area contributed by atoms with E-state index in [0.29, 0.717) is 12.3 Å². The van der Waals surface area contributed by atoms with Crippen LogP contribution in [-0.4, -0.2) is 59.8 Å². The first kappa shape index (κ1) is 30.6. The fourth-order valence-electron chi connectivity index (χ4n) is 3.02. The molecule has 1 amide bonds. The zero-order valence-electron chi connectivity index (χ0n) is 22.3. The van der Waals surface area contributed by atoms with Crippen molar-refractivity contribution in [3.8, 4) is 0 Å². The van der Waals surface area contributed by atoms with E-state index >= 15 is 0 Å². The fraction of sp³-hybridized carbons (Fsp3) is 0.680. The van der Waals surface area contributed by atoms with E-state index in [-0.39, 0.29) is 17.9 Å². The van der Waals surface area contributed by atoms with Gasteiger partial charge in [0.2, 0.25) is 0 Å². The molecule has 0 spiro atoms. The molecular formula is C25H42N2O7Si. The van der Waals surface area contributed by atoms with Crippen LogP contribution in [0.3, 0.4) is 0 Å². The number of rotatable bonds is 12. The summed E-state index contributed by atoms with van der Waals surface area (Å²) in [5.74, 6) is -3.52. The van der Waals surface area contributed by atoms with Gasteiger partial charge in [0.05, 0.1) is 5.92 Å². The number of carboxylic acid groups (broad SMARTS) is 2. The van der Waals surface area contributed by atoms with Gasteiger partial charge in [0.25, 0.3) is 0 Å². The highest BCUT2D eigenvalue weighted by atomic mass is 28.4. The molecule has 2 atom stereocenters. The lowest BCUT2D eigenvalue weighted by Gasteiger charge is -2.36. The number of aryl methyl sites for hydroxylation is 1. The molecule has 1 rings (SSSR count). The number of ether oxygens (including phenoxy) is 1. The summed E-state index contributed by atoms with van der Waals surface area (Å²) in [7, 11) is -1.77. The molecule has 3 N–H and O–H groups in total. The summed E-state index contributed by atoms with van der Waals surface area (Å²) in [5, 5.41) is 21.5. The lowest BCUT2D eigenvalue weighted by molar-refractivity contribution is -0.144. The summed E-state index contributed by atoms with van der Waals surface area (Å²) in [6.07, 6.45) is 2.22. The minimum atomic E-state index is -1.77. The molecule has 0 radical (unpaired) electrons. The normalized spacial score (nSPS) is 14.2. The third-order valence-electron chi connectivity index (χ3n) is 6.08. The summed E-state index contributed by atoms with van der Waals surface area (Å²) >= 11 is 0. The maximum Gasteiger partial charge on any atom is 0.408 e. The second-order valence-corrected chi connectivity index (χ2v) is 16.2. The van der Waals surface area contributed by atoms with E-state index in [0.717, 1.165) is 18.4 Å². The average molecular weight is 511 g/mol. The van der Waals surface area contributed by atoms with Crippen LogP contribution in [0.2, 0.25) is 18.1 Å². The topological polar surface area (TPSA) is 135 Å². The number of nitrogens with one attached hydrogen (secondary N) is 1. The van der Waals surface area contributed by atoms with Crippen LogP contribution in [0.25, 0.3) is 0 Å². The average Bonchev–Trinajstić information content (AvgIpc) is 2.68. The first-order valence-electron chi connectivity index (χ1n) is 11.9. The third kappa shape index (κ3) is 11.2. The van der Waals surface area contributed by atoms with Gasteiger partial charge in [-0.1, -0.05) is 26.8 Å². The van der Waals surface area contributed by atoms with Gasteiger partial charge < -0.3 is 24.7 Å². The summed E-state index contributed by atoms with van der Waals surface area (Å²) in [6.45, 7) is 16.7. The lowest BCUT2D eigenvalue weighted by Crippen LogP contribution is -2.45. The number of carbonyl (C=O) groups is 3. The molecule has 198 valence electrons. The Kier molecular flexibility index (Phi) is 10.9. The number of aromatic nitrogens is 1. The van der Waals surface area contributed by atoms with Crippen molar-refractivity contribution in [3.05, 3.63) is 29.6 Å². The van der Waals surface area contributed by atoms with Crippen molar-refractivity contribution in [2.45, 2.75) is 97.0 Å². The van der Waals surface area contributed by atoms with Crippen LogP contribution in [0.15, 0.2) is 18.3 Å². The van der Waals surface area contributed by atoms with E-state index in [9.17, 15) is 24.6 Å². The number of hydrogen-bond donors (Lipinski definition) is 3. The minimum Gasteiger partial charge on any atom is -0.481 e. The molecule has 0 unspecified atom stereocenters. The van der Waals surface area contributed by atoms with E-state index < -0.39 is 43.9 Å². The van der Waals surface area contributed by atoms with Gasteiger partial charge in [-0.2, -0.15) is 0 Å². The molecule has 0 aliphatic heterocycles. The Morgan fingerprint density at radius 3 is 2.14 bits per heavy atom. The molecule has 0 bridgehead atoms. The predicted molar refractivity (Wildman–Crippen MR) is 136 cm³/mol. The largest absolute Gasteiger partial charge is 0.481 e. The van der Waals surface area contributed by atoms with Crippen molar-refractivity contribution < 1.29 is 33.8 Å². The van der Waals surface area contributed by atoms with Gasteiger partial charge in [-0.15, -0.1) is 0 Å². The van der Waals surface area contributed by atoms with Gasteiger partial charge in [-0.25, -0.2) is 9.59 Å². The molecule has 10 heteroatoms. The first-order chi connectivity index (χ1) is 15.9. The number of amides is 1. The van der Waals surface area contributed by atoms with Crippen LogP contribution < -0.4 is 5.32 Å². The van der Waals surface area contributed by atoms with Crippen LogP contribution in [0, 0.1) is 5.92 Å². The van der Waals surface area contributed by atoms with E-state index in [1.807, 2.05) is 6.07 Å². The maximum atomic E-state index is 12.0. The van der Waals surface area contributed by atoms with Gasteiger partial charge in [0.15, 0.2) is 8.32 Å². The second kappa shape index (κ2) is 12.5. The SMILES string of the molecule is CC(C)(C)OC(=O)N[C@H](C[C@H](Cc1ccc(CCCO[Si](C)(C)C(C)(C)C)cn1)C(=O)O)C(=O)O. The van der Waals surface area contributed by atoms with Crippen molar-refractivity contribution >= 4 is 26.3 Å². The Labute approximate surface area is 209 Å². The Morgan fingerprint density at radius 2 is 1.69 bits per heavy atom. The second-order valence-electron chi connectivity index (χ2n) is 11.4. The number of nitrogens with zero attached hydrogens (tertiary/aromatic N) is 1. The smallest absolute Gasteiger partial charge is 0.408 e. The lowest BCUT2D eigenvalue weighted by atomic mass is 9.94. The summed E-state index contributed by atoms with van der Waals surface area (Å²) in [4.78, 5) is 39.7. The summed E-state index contributed by atoms with van der Waals surface area (Å²) in [6, 6.07) is 2.27. The van der Waals surface area contributed by atoms with Crippen molar-refractivity contribution in [2.75, 3.05) is 6.61 Å². The predicted octanol–water partition coefficient (Wildman–Crippen LogP) is 4.65. The van der Waals surface area contributed by atoms with Gasteiger partial charge in [0, 0.05) is 24.9 Å². The molecule has 1 aromatic heterocycles. The van der Waals surface area contributed by atoms with Crippen LogP contribution in [-0.2, 0) is 31.6 Å². The van der Waals surface area contributed by atoms with E-state index in [4.69, 9.17) is 9.16 Å². The maximum absolute atomic E-state index is 12.0. The van der Waals surface area contributed by atoms with Gasteiger partial charge >= 0.3 is 18.0 Å². The zero-order chi connectivity index (χ0) is 27.0. The molecule has 9 nitrogen and oxygen atoms in total. The number of carboxylic acids is 2. The van der Waals surface area contributed by atoms with Crippen molar-refractivity contribution in [3.63, 3.8) is 0 Å². The quantitative estimate of drug-likeness (QED) is 0.273. The molecule has 0 aromatic carbocycles. The van der Waals surface area contributed by atoms with Crippen LogP contribution in [0.5, 0.6) is 0 Å². The summed E-state index contributed by atoms with van der Waals surface area (Å²) < 4.78 is 11.3. The zero-order valence-corrected chi connectivity index (χ0v) is 23.3. The Morgan fingerprint density at radius 1 is 1.06 bits per heavy atom. The number of pyridine rings is 1. The monoisotopic (exact) mass is 510 g/mol. The minimum absolute atomic E-state index is 0.0455. The fourth-order valence-corrected chi connectivity index (χ4v) is 4.11. The number of carbonyl (C=O) groups excluding carboxylic acids is 1. The third-order valence-corrected chi connectivity index (χ3v) is 10.6. The van der Waals surface area contributed by atoms with Crippen molar-refractivity contribution in [1.29, 1.82) is 0 Å².